The molecule has 0 saturated carbocycles. The monoisotopic (exact) mass is 432 g/mol. The highest BCUT2D eigenvalue weighted by Gasteiger charge is 2.22. The number of carbonyl (C=O) groups is 2. The van der Waals surface area contributed by atoms with Gasteiger partial charge in [0.25, 0.3) is 0 Å². The van der Waals surface area contributed by atoms with Crippen molar-refractivity contribution in [2.45, 2.75) is 26.2 Å². The molecule has 1 rings (SSSR count). The molecule has 0 bridgehead atoms. The van der Waals surface area contributed by atoms with Crippen molar-refractivity contribution < 1.29 is 19.1 Å². The lowest BCUT2D eigenvalue weighted by Crippen LogP contribution is -2.08. The van der Waals surface area contributed by atoms with Gasteiger partial charge in [-0.2, -0.15) is 0 Å². The summed E-state index contributed by atoms with van der Waals surface area (Å²) in [7, 11) is 0. The molecule has 0 radical (unpaired) electrons. The van der Waals surface area contributed by atoms with Crippen LogP contribution < -0.4 is 4.74 Å². The van der Waals surface area contributed by atoms with Crippen molar-refractivity contribution in [3.63, 3.8) is 0 Å². The molecule has 0 spiro atoms. The fraction of sp³-hybridized carbons (Fsp3) is 0.333. The lowest BCUT2D eigenvalue weighted by Gasteiger charge is -2.11. The molecule has 1 aromatic carbocycles. The zero-order chi connectivity index (χ0) is 18.3. The van der Waals surface area contributed by atoms with Gasteiger partial charge in [0.05, 0.1) is 21.7 Å². The average Bonchev–Trinajstić information content (AvgIpc) is 2.57. The van der Waals surface area contributed by atoms with Gasteiger partial charge < -0.3 is 9.47 Å². The summed E-state index contributed by atoms with van der Waals surface area (Å²) in [5.41, 5.74) is 0. The van der Waals surface area contributed by atoms with Gasteiger partial charge in [0.15, 0.2) is 5.75 Å². The van der Waals surface area contributed by atoms with Crippen molar-refractivity contribution in [1.82, 2.24) is 0 Å². The molecule has 0 fully saturated rings. The first-order chi connectivity index (χ1) is 11.3. The second-order valence-electron chi connectivity index (χ2n) is 4.53. The van der Waals surface area contributed by atoms with Crippen LogP contribution in [0, 0.1) is 0 Å². The van der Waals surface area contributed by atoms with Crippen molar-refractivity contribution >= 4 is 69.9 Å². The third-order valence-electron chi connectivity index (χ3n) is 2.72. The highest BCUT2D eigenvalue weighted by atomic mass is 35.5. The molecule has 0 atom stereocenters. The molecule has 0 heterocycles. The highest BCUT2D eigenvalue weighted by molar-refractivity contribution is 6.55. The maximum absolute atomic E-state index is 11.8. The van der Waals surface area contributed by atoms with Crippen LogP contribution >= 0.6 is 58.0 Å². The van der Waals surface area contributed by atoms with Crippen LogP contribution in [0.2, 0.25) is 25.1 Å². The van der Waals surface area contributed by atoms with Crippen molar-refractivity contribution in [2.75, 3.05) is 6.61 Å². The second-order valence-corrected chi connectivity index (χ2v) is 6.42. The highest BCUT2D eigenvalue weighted by Crippen LogP contribution is 2.48. The molecule has 24 heavy (non-hydrogen) atoms. The molecule has 4 nitrogen and oxygen atoms in total. The summed E-state index contributed by atoms with van der Waals surface area (Å²) >= 11 is 29.4. The van der Waals surface area contributed by atoms with Gasteiger partial charge in [0.1, 0.15) is 10.0 Å². The van der Waals surface area contributed by atoms with E-state index in [-0.39, 0.29) is 37.5 Å². The van der Waals surface area contributed by atoms with E-state index in [1.54, 1.807) is 0 Å². The Balaban J connectivity index is 2.72. The SMILES string of the molecule is CCCCCOC(=O)/C=C/C(=O)Oc1c(Cl)c(Cl)c(Cl)c(Cl)c1Cl. The molecule has 0 aliphatic carbocycles. The van der Waals surface area contributed by atoms with Crippen LogP contribution in [0.5, 0.6) is 5.75 Å². The number of halogens is 5. The van der Waals surface area contributed by atoms with Crippen LogP contribution in [0.3, 0.4) is 0 Å². The van der Waals surface area contributed by atoms with E-state index in [1.807, 2.05) is 6.92 Å². The molecule has 0 unspecified atom stereocenters. The number of rotatable bonds is 7. The van der Waals surface area contributed by atoms with Crippen LogP contribution in [0.15, 0.2) is 12.2 Å². The minimum atomic E-state index is -0.904. The Labute approximate surface area is 164 Å². The number of hydrogen-bond donors (Lipinski definition) is 0. The molecule has 0 N–H and O–H groups in total. The standard InChI is InChI=1S/C15H13Cl5O4/c1-2-3-4-7-23-8(21)5-6-9(22)24-15-13(19)11(17)10(16)12(18)14(15)20/h5-6H,2-4,7H2,1H3/b6-5+. The van der Waals surface area contributed by atoms with Crippen LogP contribution in [-0.4, -0.2) is 18.5 Å². The number of unbranched alkanes of at least 4 members (excludes halogenated alkanes) is 2. The summed E-state index contributed by atoms with van der Waals surface area (Å²) in [5, 5.41) is -0.594. The zero-order valence-electron chi connectivity index (χ0n) is 12.5. The predicted octanol–water partition coefficient (Wildman–Crippen LogP) is 6.15. The van der Waals surface area contributed by atoms with Gasteiger partial charge in [-0.3, -0.25) is 0 Å². The Bertz CT molecular complexity index is 629. The van der Waals surface area contributed by atoms with Gasteiger partial charge in [-0.05, 0) is 6.42 Å². The Morgan fingerprint density at radius 2 is 1.33 bits per heavy atom. The average molecular weight is 435 g/mol. The molecule has 132 valence electrons. The number of carbonyl (C=O) groups excluding carboxylic acids is 2. The van der Waals surface area contributed by atoms with E-state index in [1.165, 1.54) is 0 Å². The van der Waals surface area contributed by atoms with Crippen molar-refractivity contribution in [3.8, 4) is 5.75 Å². The number of benzene rings is 1. The van der Waals surface area contributed by atoms with Crippen LogP contribution in [0.1, 0.15) is 26.2 Å². The van der Waals surface area contributed by atoms with E-state index in [9.17, 15) is 9.59 Å². The van der Waals surface area contributed by atoms with E-state index in [0.29, 0.717) is 0 Å². The number of hydrogen-bond acceptors (Lipinski definition) is 4. The van der Waals surface area contributed by atoms with Crippen molar-refractivity contribution in [2.24, 2.45) is 0 Å². The lowest BCUT2D eigenvalue weighted by molar-refractivity contribution is -0.138. The summed E-state index contributed by atoms with van der Waals surface area (Å²) in [5.74, 6) is -1.81. The quantitative estimate of drug-likeness (QED) is 0.129. The first-order valence-corrected chi connectivity index (χ1v) is 8.76. The van der Waals surface area contributed by atoms with Gasteiger partial charge in [-0.25, -0.2) is 9.59 Å². The van der Waals surface area contributed by atoms with E-state index < -0.39 is 11.9 Å². The molecule has 0 aliphatic rings. The first kappa shape index (κ1) is 21.4. The van der Waals surface area contributed by atoms with Gasteiger partial charge in [0.2, 0.25) is 0 Å². The van der Waals surface area contributed by atoms with Gasteiger partial charge >= 0.3 is 11.9 Å². The van der Waals surface area contributed by atoms with E-state index >= 15 is 0 Å². The zero-order valence-corrected chi connectivity index (χ0v) is 16.3. The summed E-state index contributed by atoms with van der Waals surface area (Å²) in [6.45, 7) is 2.31. The van der Waals surface area contributed by atoms with E-state index in [0.717, 1.165) is 31.4 Å². The topological polar surface area (TPSA) is 52.6 Å². The molecular weight excluding hydrogens is 421 g/mol. The van der Waals surface area contributed by atoms with Crippen LogP contribution in [0.4, 0.5) is 0 Å². The molecule has 0 aromatic heterocycles. The Hall–Kier alpha value is -0.650. The molecule has 1 aromatic rings. The molecule has 0 amide bonds. The Kier molecular flexibility index (Phi) is 9.24. The summed E-state index contributed by atoms with van der Waals surface area (Å²) in [6, 6.07) is 0. The van der Waals surface area contributed by atoms with E-state index in [2.05, 4.69) is 0 Å². The first-order valence-electron chi connectivity index (χ1n) is 6.87. The van der Waals surface area contributed by atoms with Crippen molar-refractivity contribution in [1.29, 1.82) is 0 Å². The van der Waals surface area contributed by atoms with Crippen molar-refractivity contribution in [3.05, 3.63) is 37.3 Å². The Morgan fingerprint density at radius 1 is 0.833 bits per heavy atom. The largest absolute Gasteiger partial charge is 0.463 e. The number of esters is 2. The normalized spacial score (nSPS) is 10.9. The molecular formula is C15H13Cl5O4. The van der Waals surface area contributed by atoms with Gasteiger partial charge in [-0.15, -0.1) is 0 Å². The maximum Gasteiger partial charge on any atom is 0.336 e. The molecule has 0 aliphatic heterocycles. The molecule has 0 saturated heterocycles. The van der Waals surface area contributed by atoms with Crippen LogP contribution in [-0.2, 0) is 14.3 Å². The van der Waals surface area contributed by atoms with E-state index in [4.69, 9.17) is 67.5 Å². The minimum absolute atomic E-state index is 0.0562. The fourth-order valence-electron chi connectivity index (χ4n) is 1.52. The van der Waals surface area contributed by atoms with Gasteiger partial charge in [0, 0.05) is 12.2 Å². The summed E-state index contributed by atoms with van der Waals surface area (Å²) < 4.78 is 9.86. The third-order valence-corrected chi connectivity index (χ3v) is 4.96. The lowest BCUT2D eigenvalue weighted by atomic mass is 10.3. The minimum Gasteiger partial charge on any atom is -0.463 e. The maximum atomic E-state index is 11.8. The summed E-state index contributed by atoms with van der Waals surface area (Å²) in [6.07, 6.45) is 4.54. The Morgan fingerprint density at radius 3 is 1.88 bits per heavy atom. The number of ether oxygens (including phenoxy) is 2. The fourth-order valence-corrected chi connectivity index (χ4v) is 2.72. The predicted molar refractivity (Wildman–Crippen MR) is 96.8 cm³/mol. The second kappa shape index (κ2) is 10.4. The third kappa shape index (κ3) is 6.01. The smallest absolute Gasteiger partial charge is 0.336 e. The van der Waals surface area contributed by atoms with Crippen LogP contribution in [0.25, 0.3) is 0 Å². The molecule has 9 heteroatoms. The van der Waals surface area contributed by atoms with Gasteiger partial charge in [-0.1, -0.05) is 77.8 Å². The summed E-state index contributed by atoms with van der Waals surface area (Å²) in [4.78, 5) is 23.2.